The van der Waals surface area contributed by atoms with Crippen molar-refractivity contribution in [2.24, 2.45) is 0 Å². The van der Waals surface area contributed by atoms with Gasteiger partial charge >= 0.3 is 0 Å². The molecule has 2 aromatic rings. The summed E-state index contributed by atoms with van der Waals surface area (Å²) in [6, 6.07) is 12.0. The van der Waals surface area contributed by atoms with Crippen LogP contribution < -0.4 is 14.8 Å². The summed E-state index contributed by atoms with van der Waals surface area (Å²) >= 11 is 0. The number of benzene rings is 2. The molecule has 0 heterocycles. The fourth-order valence-corrected chi connectivity index (χ4v) is 3.04. The number of amides is 1. The van der Waals surface area contributed by atoms with Crippen molar-refractivity contribution < 1.29 is 14.3 Å². The van der Waals surface area contributed by atoms with Crippen molar-refractivity contribution in [1.82, 2.24) is 4.90 Å². The molecule has 0 saturated carbocycles. The quantitative estimate of drug-likeness (QED) is 0.770. The van der Waals surface area contributed by atoms with E-state index >= 15 is 0 Å². The Morgan fingerprint density at radius 1 is 1.04 bits per heavy atom. The maximum absolute atomic E-state index is 12.4. The first-order chi connectivity index (χ1) is 13.1. The summed E-state index contributed by atoms with van der Waals surface area (Å²) in [5.41, 5.74) is 4.35. The zero-order chi connectivity index (χ0) is 20.9. The van der Waals surface area contributed by atoms with Crippen molar-refractivity contribution >= 4 is 11.6 Å². The number of nitrogens with zero attached hydrogens (tertiary/aromatic N) is 1. The Morgan fingerprint density at radius 3 is 2.14 bits per heavy atom. The van der Waals surface area contributed by atoms with E-state index in [-0.39, 0.29) is 11.3 Å². The van der Waals surface area contributed by atoms with Crippen molar-refractivity contribution in [3.8, 4) is 11.5 Å². The molecule has 1 amide bonds. The van der Waals surface area contributed by atoms with Gasteiger partial charge in [0.2, 0.25) is 5.91 Å². The van der Waals surface area contributed by atoms with Crippen LogP contribution in [0.2, 0.25) is 0 Å². The third kappa shape index (κ3) is 5.73. The largest absolute Gasteiger partial charge is 0.493 e. The lowest BCUT2D eigenvalue weighted by atomic mass is 9.87. The fraction of sp³-hybridized carbons (Fsp3) is 0.435. The van der Waals surface area contributed by atoms with Crippen LogP contribution in [-0.4, -0.2) is 38.6 Å². The van der Waals surface area contributed by atoms with E-state index in [9.17, 15) is 4.79 Å². The van der Waals surface area contributed by atoms with Crippen LogP contribution in [0.15, 0.2) is 36.4 Å². The second-order valence-electron chi connectivity index (χ2n) is 8.18. The number of likely N-dealkylation sites (N-methyl/N-ethyl adjacent to an activating group) is 1. The minimum absolute atomic E-state index is 0.0378. The summed E-state index contributed by atoms with van der Waals surface area (Å²) in [5.74, 6) is 1.37. The molecule has 1 N–H and O–H groups in total. The number of anilines is 1. The van der Waals surface area contributed by atoms with Gasteiger partial charge < -0.3 is 14.8 Å². The van der Waals surface area contributed by atoms with Gasteiger partial charge in [-0.3, -0.25) is 9.69 Å². The average molecular weight is 385 g/mol. The molecule has 0 aliphatic carbocycles. The Labute approximate surface area is 168 Å². The lowest BCUT2D eigenvalue weighted by Crippen LogP contribution is -2.30. The number of ether oxygens (including phenoxy) is 2. The van der Waals surface area contributed by atoms with E-state index in [4.69, 9.17) is 9.47 Å². The zero-order valence-corrected chi connectivity index (χ0v) is 18.1. The van der Waals surface area contributed by atoms with Gasteiger partial charge in [0.1, 0.15) is 0 Å². The van der Waals surface area contributed by atoms with Crippen molar-refractivity contribution in [3.63, 3.8) is 0 Å². The lowest BCUT2D eigenvalue weighted by Gasteiger charge is -2.20. The molecule has 2 aromatic carbocycles. The molecule has 0 aromatic heterocycles. The van der Waals surface area contributed by atoms with Crippen LogP contribution in [0.25, 0.3) is 0 Å². The van der Waals surface area contributed by atoms with E-state index in [2.05, 4.69) is 38.2 Å². The predicted octanol–water partition coefficient (Wildman–Crippen LogP) is 4.38. The van der Waals surface area contributed by atoms with Gasteiger partial charge in [-0.25, -0.2) is 0 Å². The van der Waals surface area contributed by atoms with E-state index in [0.29, 0.717) is 24.6 Å². The highest BCUT2D eigenvalue weighted by molar-refractivity contribution is 5.92. The second kappa shape index (κ2) is 9.11. The van der Waals surface area contributed by atoms with Gasteiger partial charge in [0.15, 0.2) is 11.5 Å². The molecule has 152 valence electrons. The first kappa shape index (κ1) is 21.8. The Hall–Kier alpha value is -2.53. The van der Waals surface area contributed by atoms with E-state index in [1.165, 1.54) is 5.56 Å². The Morgan fingerprint density at radius 2 is 1.61 bits per heavy atom. The molecule has 0 atom stereocenters. The van der Waals surface area contributed by atoms with Gasteiger partial charge in [-0.1, -0.05) is 32.9 Å². The molecule has 5 nitrogen and oxygen atoms in total. The van der Waals surface area contributed by atoms with Crippen molar-refractivity contribution in [3.05, 3.63) is 53.1 Å². The van der Waals surface area contributed by atoms with E-state index in [0.717, 1.165) is 16.8 Å². The number of hydrogen-bond donors (Lipinski definition) is 1. The normalized spacial score (nSPS) is 11.4. The van der Waals surface area contributed by atoms with Crippen LogP contribution in [-0.2, 0) is 16.8 Å². The minimum Gasteiger partial charge on any atom is -0.493 e. The number of hydrogen-bond acceptors (Lipinski definition) is 4. The molecular formula is C23H32N2O3. The van der Waals surface area contributed by atoms with Crippen LogP contribution in [0, 0.1) is 6.92 Å². The smallest absolute Gasteiger partial charge is 0.238 e. The van der Waals surface area contributed by atoms with Crippen LogP contribution in [0.4, 0.5) is 5.69 Å². The molecule has 5 heteroatoms. The highest BCUT2D eigenvalue weighted by atomic mass is 16.5. The molecule has 0 bridgehead atoms. The average Bonchev–Trinajstić information content (AvgIpc) is 2.62. The molecule has 0 aliphatic heterocycles. The number of rotatable bonds is 7. The van der Waals surface area contributed by atoms with Gasteiger partial charge in [0, 0.05) is 12.2 Å². The van der Waals surface area contributed by atoms with E-state index in [1.807, 2.05) is 43.1 Å². The molecule has 28 heavy (non-hydrogen) atoms. The van der Waals surface area contributed by atoms with E-state index in [1.54, 1.807) is 14.2 Å². The predicted molar refractivity (Wildman–Crippen MR) is 114 cm³/mol. The molecule has 0 spiro atoms. The number of carbonyl (C=O) groups excluding carboxylic acids is 1. The number of carbonyl (C=O) groups is 1. The third-order valence-electron chi connectivity index (χ3n) is 4.73. The van der Waals surface area contributed by atoms with Gasteiger partial charge in [-0.15, -0.1) is 0 Å². The number of aryl methyl sites for hydroxylation is 1. The zero-order valence-electron chi connectivity index (χ0n) is 18.1. The van der Waals surface area contributed by atoms with E-state index < -0.39 is 0 Å². The SMILES string of the molecule is COc1cc(C)c(CN(C)CC(=O)Nc2ccc(C(C)(C)C)cc2)cc1OC. The fourth-order valence-electron chi connectivity index (χ4n) is 3.04. The Bertz CT molecular complexity index is 808. The summed E-state index contributed by atoms with van der Waals surface area (Å²) in [7, 11) is 5.18. The monoisotopic (exact) mass is 384 g/mol. The van der Waals surface area contributed by atoms with Crippen LogP contribution in [0.3, 0.4) is 0 Å². The summed E-state index contributed by atoms with van der Waals surface area (Å²) in [5, 5.41) is 2.97. The first-order valence-electron chi connectivity index (χ1n) is 9.44. The Balaban J connectivity index is 1.97. The molecule has 2 rings (SSSR count). The van der Waals surface area contributed by atoms with Gasteiger partial charge in [-0.2, -0.15) is 0 Å². The van der Waals surface area contributed by atoms with Crippen LogP contribution in [0.1, 0.15) is 37.5 Å². The summed E-state index contributed by atoms with van der Waals surface area (Å²) in [4.78, 5) is 14.4. The van der Waals surface area contributed by atoms with Gasteiger partial charge in [0.05, 0.1) is 20.8 Å². The molecule has 0 unspecified atom stereocenters. The van der Waals surface area contributed by atoms with Crippen LogP contribution in [0.5, 0.6) is 11.5 Å². The van der Waals surface area contributed by atoms with Crippen LogP contribution >= 0.6 is 0 Å². The lowest BCUT2D eigenvalue weighted by molar-refractivity contribution is -0.117. The third-order valence-corrected chi connectivity index (χ3v) is 4.73. The maximum atomic E-state index is 12.4. The standard InChI is InChI=1S/C23H32N2O3/c1-16-12-20(27-6)21(28-7)13-17(16)14-25(5)15-22(26)24-19-10-8-18(9-11-19)23(2,3)4/h8-13H,14-15H2,1-7H3,(H,24,26). The molecule has 0 aliphatic rings. The van der Waals surface area contributed by atoms with Crippen molar-refractivity contribution in [2.75, 3.05) is 33.1 Å². The van der Waals surface area contributed by atoms with Crippen molar-refractivity contribution in [2.45, 2.75) is 39.7 Å². The summed E-state index contributed by atoms with van der Waals surface area (Å²) in [6.07, 6.45) is 0. The summed E-state index contributed by atoms with van der Waals surface area (Å²) in [6.45, 7) is 9.49. The highest BCUT2D eigenvalue weighted by Crippen LogP contribution is 2.30. The van der Waals surface area contributed by atoms with Crippen molar-refractivity contribution in [1.29, 1.82) is 0 Å². The maximum Gasteiger partial charge on any atom is 0.238 e. The van der Waals surface area contributed by atoms with Gasteiger partial charge in [-0.05, 0) is 60.3 Å². The molecule has 0 fully saturated rings. The second-order valence-corrected chi connectivity index (χ2v) is 8.18. The summed E-state index contributed by atoms with van der Waals surface area (Å²) < 4.78 is 10.7. The Kier molecular flexibility index (Phi) is 7.08. The first-order valence-corrected chi connectivity index (χ1v) is 9.44. The highest BCUT2D eigenvalue weighted by Gasteiger charge is 2.15. The number of methoxy groups -OCH3 is 2. The topological polar surface area (TPSA) is 50.8 Å². The molecule has 0 radical (unpaired) electrons. The van der Waals surface area contributed by atoms with Gasteiger partial charge in [0.25, 0.3) is 0 Å². The number of nitrogens with one attached hydrogen (secondary N) is 1. The molecular weight excluding hydrogens is 352 g/mol. The molecule has 0 saturated heterocycles. The minimum atomic E-state index is -0.0378.